The summed E-state index contributed by atoms with van der Waals surface area (Å²) in [5.41, 5.74) is 0. The van der Waals surface area contributed by atoms with Crippen molar-refractivity contribution in [2.45, 2.75) is 21.3 Å². The van der Waals surface area contributed by atoms with E-state index >= 15 is 0 Å². The number of ketones is 1. The van der Waals surface area contributed by atoms with Crippen LogP contribution in [0, 0.1) is 7.43 Å². The molecule has 0 rings (SSSR count). The van der Waals surface area contributed by atoms with E-state index in [9.17, 15) is 4.79 Å². The predicted molar refractivity (Wildman–Crippen MR) is 40.2 cm³/mol. The van der Waals surface area contributed by atoms with Crippen molar-refractivity contribution >= 4 is 5.78 Å². The maximum Gasteiger partial charge on any atom is 0.155 e. The number of hydrogen-bond donors (Lipinski definition) is 1. The Balaban J connectivity index is -0.0000000600. The summed E-state index contributed by atoms with van der Waals surface area (Å²) < 4.78 is 0. The van der Waals surface area contributed by atoms with E-state index in [1.807, 2.05) is 0 Å². The third-order valence-electron chi connectivity index (χ3n) is 0.412. The standard InChI is InChI=1S/C5H8O2.CH4.CH3.Ti/c1-4(6)3-5(2)7;;;/h3,6H,1-2H3;1H4;1H3;/q;;-1;. The normalized spacial score (nSPS) is 8.00. The number of rotatable bonds is 1. The summed E-state index contributed by atoms with van der Waals surface area (Å²) in [6.45, 7) is 2.85. The second-order valence-corrected chi connectivity index (χ2v) is 1.40. The molecule has 0 aliphatic heterocycles. The second kappa shape index (κ2) is 11.7. The van der Waals surface area contributed by atoms with Gasteiger partial charge in [-0.15, -0.1) is 0 Å². The minimum absolute atomic E-state index is 0. The number of carbonyl (C=O) groups is 1. The third kappa shape index (κ3) is 24.7. The molecule has 0 heterocycles. The molecule has 1 N–H and O–H groups in total. The van der Waals surface area contributed by atoms with E-state index in [4.69, 9.17) is 5.11 Å². The molecule has 0 amide bonds. The summed E-state index contributed by atoms with van der Waals surface area (Å²) in [7, 11) is 0. The molecule has 0 atom stereocenters. The van der Waals surface area contributed by atoms with Crippen LogP contribution < -0.4 is 0 Å². The van der Waals surface area contributed by atoms with Crippen LogP contribution in [-0.2, 0) is 26.5 Å². The number of aliphatic hydroxyl groups is 1. The summed E-state index contributed by atoms with van der Waals surface area (Å²) in [4.78, 5) is 10.0. The van der Waals surface area contributed by atoms with Crippen molar-refractivity contribution in [2.24, 2.45) is 0 Å². The van der Waals surface area contributed by atoms with Gasteiger partial charge >= 0.3 is 0 Å². The van der Waals surface area contributed by atoms with E-state index in [-0.39, 0.29) is 48.1 Å². The fraction of sp³-hybridized carbons (Fsp3) is 0.429. The van der Waals surface area contributed by atoms with Gasteiger partial charge in [-0.25, -0.2) is 0 Å². The van der Waals surface area contributed by atoms with Crippen molar-refractivity contribution in [2.75, 3.05) is 0 Å². The van der Waals surface area contributed by atoms with Crippen molar-refractivity contribution in [1.82, 2.24) is 0 Å². The van der Waals surface area contributed by atoms with Gasteiger partial charge in [0, 0.05) is 27.8 Å². The van der Waals surface area contributed by atoms with Gasteiger partial charge in [-0.05, 0) is 13.8 Å². The zero-order valence-corrected chi connectivity index (χ0v) is 7.49. The molecule has 3 heteroatoms. The van der Waals surface area contributed by atoms with Crippen LogP contribution in [0.4, 0.5) is 0 Å². The fourth-order valence-corrected chi connectivity index (χ4v) is 0.294. The fourth-order valence-electron chi connectivity index (χ4n) is 0.294. The molecule has 0 saturated carbocycles. The Morgan fingerprint density at radius 3 is 1.70 bits per heavy atom. The van der Waals surface area contributed by atoms with Crippen molar-refractivity contribution in [3.05, 3.63) is 19.3 Å². The van der Waals surface area contributed by atoms with Crippen LogP contribution >= 0.6 is 0 Å². The zero-order chi connectivity index (χ0) is 5.86. The van der Waals surface area contributed by atoms with Gasteiger partial charge < -0.3 is 12.5 Å². The minimum atomic E-state index is -0.125. The first-order valence-electron chi connectivity index (χ1n) is 2.01. The molecule has 0 radical (unpaired) electrons. The summed E-state index contributed by atoms with van der Waals surface area (Å²) in [5.74, 6) is -0.0625. The van der Waals surface area contributed by atoms with Crippen LogP contribution in [0.2, 0.25) is 0 Å². The van der Waals surface area contributed by atoms with Crippen LogP contribution in [0.25, 0.3) is 0 Å². The molecule has 10 heavy (non-hydrogen) atoms. The molecule has 0 fully saturated rings. The Morgan fingerprint density at radius 2 is 1.70 bits per heavy atom. The molecule has 0 aromatic rings. The molecular formula is C7H15O2Ti-. The van der Waals surface area contributed by atoms with Crippen LogP contribution in [0.1, 0.15) is 21.3 Å². The van der Waals surface area contributed by atoms with Gasteiger partial charge in [0.2, 0.25) is 0 Å². The van der Waals surface area contributed by atoms with E-state index in [0.29, 0.717) is 0 Å². The van der Waals surface area contributed by atoms with E-state index in [1.54, 1.807) is 0 Å². The van der Waals surface area contributed by atoms with Gasteiger partial charge in [0.05, 0.1) is 5.76 Å². The maximum atomic E-state index is 10.0. The smallest absolute Gasteiger partial charge is 0.155 e. The van der Waals surface area contributed by atoms with Crippen LogP contribution in [0.5, 0.6) is 0 Å². The van der Waals surface area contributed by atoms with Gasteiger partial charge in [0.15, 0.2) is 5.78 Å². The molecule has 0 saturated heterocycles. The molecule has 0 aliphatic carbocycles. The SMILES string of the molecule is C.CC(=O)C=C(C)O.[CH3-].[Ti]. The first kappa shape index (κ1) is 22.5. The topological polar surface area (TPSA) is 37.3 Å². The van der Waals surface area contributed by atoms with Crippen LogP contribution in [0.3, 0.4) is 0 Å². The zero-order valence-electron chi connectivity index (χ0n) is 5.93. The Bertz CT molecular complexity index is 104. The Hall–Kier alpha value is -0.0757. The van der Waals surface area contributed by atoms with E-state index in [2.05, 4.69) is 0 Å². The van der Waals surface area contributed by atoms with Crippen LogP contribution in [-0.4, -0.2) is 10.9 Å². The summed E-state index contributed by atoms with van der Waals surface area (Å²) >= 11 is 0. The maximum absolute atomic E-state index is 10.0. The van der Waals surface area contributed by atoms with E-state index < -0.39 is 0 Å². The molecule has 60 valence electrons. The number of aliphatic hydroxyl groups excluding tert-OH is 1. The monoisotopic (exact) mass is 179 g/mol. The molecule has 2 nitrogen and oxygen atoms in total. The van der Waals surface area contributed by atoms with Crippen molar-refractivity contribution in [3.63, 3.8) is 0 Å². The number of carbonyl (C=O) groups excluding carboxylic acids is 1. The van der Waals surface area contributed by atoms with Gasteiger partial charge in [-0.3, -0.25) is 4.79 Å². The first-order chi connectivity index (χ1) is 3.13. The average Bonchev–Trinajstić information content (AvgIpc) is 1.27. The quantitative estimate of drug-likeness (QED) is 0.289. The number of allylic oxidation sites excluding steroid dienone is 2. The van der Waals surface area contributed by atoms with Gasteiger partial charge in [-0.2, -0.15) is 0 Å². The Labute approximate surface area is 78.2 Å². The Kier molecular flexibility index (Phi) is 26.3. The molecular weight excluding hydrogens is 164 g/mol. The van der Waals surface area contributed by atoms with Gasteiger partial charge in [0.25, 0.3) is 0 Å². The number of hydrogen-bond acceptors (Lipinski definition) is 2. The summed E-state index contributed by atoms with van der Waals surface area (Å²) in [6.07, 6.45) is 1.17. The molecule has 0 unspecified atom stereocenters. The summed E-state index contributed by atoms with van der Waals surface area (Å²) in [6, 6.07) is 0. The van der Waals surface area contributed by atoms with Crippen molar-refractivity contribution in [3.8, 4) is 0 Å². The van der Waals surface area contributed by atoms with Gasteiger partial charge in [-0.1, -0.05) is 7.43 Å². The average molecular weight is 179 g/mol. The molecule has 0 aromatic heterocycles. The van der Waals surface area contributed by atoms with Crippen molar-refractivity contribution < 1.29 is 31.6 Å². The van der Waals surface area contributed by atoms with Crippen molar-refractivity contribution in [1.29, 1.82) is 0 Å². The van der Waals surface area contributed by atoms with Crippen LogP contribution in [0.15, 0.2) is 11.8 Å². The molecule has 0 bridgehead atoms. The van der Waals surface area contributed by atoms with Gasteiger partial charge in [0.1, 0.15) is 0 Å². The minimum Gasteiger partial charge on any atom is -0.512 e. The Morgan fingerprint density at radius 1 is 1.40 bits per heavy atom. The predicted octanol–water partition coefficient (Wildman–Crippen LogP) is 2.12. The second-order valence-electron chi connectivity index (χ2n) is 1.40. The van der Waals surface area contributed by atoms with E-state index in [0.717, 1.165) is 0 Å². The first-order valence-corrected chi connectivity index (χ1v) is 2.01. The summed E-state index contributed by atoms with van der Waals surface area (Å²) in [5, 5.41) is 8.36. The molecule has 0 aliphatic rings. The molecule has 0 aromatic carbocycles. The largest absolute Gasteiger partial charge is 0.512 e. The van der Waals surface area contributed by atoms with E-state index in [1.165, 1.54) is 19.9 Å². The molecule has 0 spiro atoms. The third-order valence-corrected chi connectivity index (χ3v) is 0.412.